The lowest BCUT2D eigenvalue weighted by Crippen LogP contribution is -2.40. The summed E-state index contributed by atoms with van der Waals surface area (Å²) in [4.78, 5) is 28.1. The van der Waals surface area contributed by atoms with Crippen molar-refractivity contribution >= 4 is 11.8 Å². The maximum Gasteiger partial charge on any atom is 0.253 e. The summed E-state index contributed by atoms with van der Waals surface area (Å²) in [5, 5.41) is 2.88. The van der Waals surface area contributed by atoms with Crippen LogP contribution >= 0.6 is 0 Å². The second-order valence-electron chi connectivity index (χ2n) is 5.43. The smallest absolute Gasteiger partial charge is 0.253 e. The molecule has 0 bridgehead atoms. The third-order valence-corrected chi connectivity index (χ3v) is 3.73. The minimum Gasteiger partial charge on any atom is -0.340 e. The van der Waals surface area contributed by atoms with Gasteiger partial charge in [-0.2, -0.15) is 0 Å². The van der Waals surface area contributed by atoms with Gasteiger partial charge in [0.15, 0.2) is 0 Å². The van der Waals surface area contributed by atoms with Gasteiger partial charge in [0.05, 0.1) is 6.54 Å². The predicted octanol–water partition coefficient (Wildman–Crippen LogP) is 0.889. The third kappa shape index (κ3) is 4.04. The summed E-state index contributed by atoms with van der Waals surface area (Å²) < 4.78 is 0. The fourth-order valence-corrected chi connectivity index (χ4v) is 2.59. The zero-order valence-electron chi connectivity index (χ0n) is 12.8. The van der Waals surface area contributed by atoms with E-state index in [9.17, 15) is 9.59 Å². The number of nitrogens with one attached hydrogen (secondary N) is 1. The molecule has 0 aliphatic carbocycles. The summed E-state index contributed by atoms with van der Waals surface area (Å²) in [6.45, 7) is 4.97. The number of rotatable bonds is 3. The molecule has 1 N–H and O–H groups in total. The molecule has 2 amide bonds. The van der Waals surface area contributed by atoms with Crippen molar-refractivity contribution < 1.29 is 9.59 Å². The summed E-state index contributed by atoms with van der Waals surface area (Å²) in [6.07, 6.45) is 0.826. The van der Waals surface area contributed by atoms with Crippen molar-refractivity contribution in [2.75, 3.05) is 39.8 Å². The van der Waals surface area contributed by atoms with Gasteiger partial charge in [-0.3, -0.25) is 9.59 Å². The Morgan fingerprint density at radius 2 is 1.86 bits per heavy atom. The minimum absolute atomic E-state index is 0.0571. The molecule has 0 saturated carbocycles. The van der Waals surface area contributed by atoms with Crippen molar-refractivity contribution in [2.24, 2.45) is 0 Å². The first-order chi connectivity index (χ1) is 10.1. The molecule has 1 aromatic carbocycles. The Balaban J connectivity index is 1.99. The molecular formula is C16H23N3O2. The van der Waals surface area contributed by atoms with E-state index >= 15 is 0 Å². The number of nitrogens with zero attached hydrogens (tertiary/aromatic N) is 2. The van der Waals surface area contributed by atoms with Gasteiger partial charge < -0.3 is 15.1 Å². The Labute approximate surface area is 125 Å². The summed E-state index contributed by atoms with van der Waals surface area (Å²) in [5.74, 6) is 0.156. The zero-order valence-corrected chi connectivity index (χ0v) is 12.8. The summed E-state index contributed by atoms with van der Waals surface area (Å²) in [6, 6.07) is 7.65. The van der Waals surface area contributed by atoms with Crippen molar-refractivity contribution in [1.82, 2.24) is 15.1 Å². The summed E-state index contributed by atoms with van der Waals surface area (Å²) in [7, 11) is 1.77. The molecule has 0 radical (unpaired) electrons. The fourth-order valence-electron chi connectivity index (χ4n) is 2.59. The fraction of sp³-hybridized carbons (Fsp3) is 0.500. The Morgan fingerprint density at radius 3 is 2.57 bits per heavy atom. The maximum absolute atomic E-state index is 12.5. The Bertz CT molecular complexity index is 516. The van der Waals surface area contributed by atoms with Crippen LogP contribution in [0.4, 0.5) is 0 Å². The van der Waals surface area contributed by atoms with Gasteiger partial charge in [0.25, 0.3) is 5.91 Å². The van der Waals surface area contributed by atoms with Crippen molar-refractivity contribution in [1.29, 1.82) is 0 Å². The molecule has 1 aromatic rings. The molecule has 21 heavy (non-hydrogen) atoms. The Kier molecular flexibility index (Phi) is 5.33. The van der Waals surface area contributed by atoms with Crippen LogP contribution in [0.25, 0.3) is 0 Å². The molecule has 2 rings (SSSR count). The van der Waals surface area contributed by atoms with E-state index in [2.05, 4.69) is 5.32 Å². The van der Waals surface area contributed by atoms with Gasteiger partial charge in [-0.05, 0) is 32.5 Å². The second kappa shape index (κ2) is 7.22. The Morgan fingerprint density at radius 1 is 1.14 bits per heavy atom. The molecule has 5 nitrogen and oxygen atoms in total. The molecule has 1 heterocycles. The SMILES string of the molecule is CNCC(=O)N1CCCN(C(=O)c2cccc(C)c2)CC1. The average Bonchev–Trinajstić information content (AvgIpc) is 2.72. The van der Waals surface area contributed by atoms with Gasteiger partial charge in [-0.1, -0.05) is 17.7 Å². The van der Waals surface area contributed by atoms with Gasteiger partial charge >= 0.3 is 0 Å². The lowest BCUT2D eigenvalue weighted by Gasteiger charge is -2.22. The highest BCUT2D eigenvalue weighted by molar-refractivity contribution is 5.94. The van der Waals surface area contributed by atoms with E-state index in [-0.39, 0.29) is 11.8 Å². The topological polar surface area (TPSA) is 52.7 Å². The molecule has 1 saturated heterocycles. The first-order valence-corrected chi connectivity index (χ1v) is 7.40. The van der Waals surface area contributed by atoms with Gasteiger partial charge in [0, 0.05) is 31.7 Å². The number of carbonyl (C=O) groups excluding carboxylic acids is 2. The molecule has 5 heteroatoms. The lowest BCUT2D eigenvalue weighted by molar-refractivity contribution is -0.130. The number of likely N-dealkylation sites (N-methyl/N-ethyl adjacent to an activating group) is 1. The predicted molar refractivity (Wildman–Crippen MR) is 82.2 cm³/mol. The molecule has 1 aliphatic heterocycles. The van der Waals surface area contributed by atoms with Crippen LogP contribution in [0, 0.1) is 6.92 Å². The summed E-state index contributed by atoms with van der Waals surface area (Å²) >= 11 is 0. The zero-order chi connectivity index (χ0) is 15.2. The van der Waals surface area contributed by atoms with Crippen molar-refractivity contribution in [3.8, 4) is 0 Å². The number of amides is 2. The lowest BCUT2D eigenvalue weighted by atomic mass is 10.1. The van der Waals surface area contributed by atoms with Crippen LogP contribution in [0.1, 0.15) is 22.3 Å². The Hall–Kier alpha value is -1.88. The number of hydrogen-bond acceptors (Lipinski definition) is 3. The average molecular weight is 289 g/mol. The van der Waals surface area contributed by atoms with Gasteiger partial charge in [-0.15, -0.1) is 0 Å². The van der Waals surface area contributed by atoms with Gasteiger partial charge in [-0.25, -0.2) is 0 Å². The normalized spacial score (nSPS) is 15.7. The number of carbonyl (C=O) groups is 2. The van der Waals surface area contributed by atoms with E-state index in [1.54, 1.807) is 7.05 Å². The summed E-state index contributed by atoms with van der Waals surface area (Å²) in [5.41, 5.74) is 1.81. The molecule has 1 aliphatic rings. The van der Waals surface area contributed by atoms with Crippen LogP contribution in [0.2, 0.25) is 0 Å². The number of aryl methyl sites for hydroxylation is 1. The van der Waals surface area contributed by atoms with Crippen molar-refractivity contribution in [2.45, 2.75) is 13.3 Å². The largest absolute Gasteiger partial charge is 0.340 e. The standard InChI is InChI=1S/C16H23N3O2/c1-13-5-3-6-14(11-13)16(21)19-8-4-7-18(9-10-19)15(20)12-17-2/h3,5-6,11,17H,4,7-10,12H2,1-2H3. The van der Waals surface area contributed by atoms with E-state index in [0.29, 0.717) is 26.2 Å². The van der Waals surface area contributed by atoms with Crippen LogP contribution in [-0.2, 0) is 4.79 Å². The van der Waals surface area contributed by atoms with Crippen LogP contribution in [0.15, 0.2) is 24.3 Å². The number of hydrogen-bond donors (Lipinski definition) is 1. The molecule has 0 spiro atoms. The highest BCUT2D eigenvalue weighted by atomic mass is 16.2. The van der Waals surface area contributed by atoms with E-state index in [4.69, 9.17) is 0 Å². The molecular weight excluding hydrogens is 266 g/mol. The third-order valence-electron chi connectivity index (χ3n) is 3.73. The highest BCUT2D eigenvalue weighted by Crippen LogP contribution is 2.11. The molecule has 0 aromatic heterocycles. The van der Waals surface area contributed by atoms with Crippen LogP contribution in [0.5, 0.6) is 0 Å². The molecule has 0 unspecified atom stereocenters. The second-order valence-corrected chi connectivity index (χ2v) is 5.43. The van der Waals surface area contributed by atoms with E-state index in [1.165, 1.54) is 0 Å². The first-order valence-electron chi connectivity index (χ1n) is 7.40. The highest BCUT2D eigenvalue weighted by Gasteiger charge is 2.22. The molecule has 1 fully saturated rings. The molecule has 0 atom stereocenters. The number of benzene rings is 1. The van der Waals surface area contributed by atoms with Gasteiger partial charge in [0.2, 0.25) is 5.91 Å². The van der Waals surface area contributed by atoms with E-state index in [0.717, 1.165) is 24.1 Å². The first kappa shape index (κ1) is 15.5. The van der Waals surface area contributed by atoms with Gasteiger partial charge in [0.1, 0.15) is 0 Å². The van der Waals surface area contributed by atoms with E-state index in [1.807, 2.05) is 41.0 Å². The quantitative estimate of drug-likeness (QED) is 0.899. The van der Waals surface area contributed by atoms with Crippen LogP contribution in [-0.4, -0.2) is 61.4 Å². The van der Waals surface area contributed by atoms with Crippen molar-refractivity contribution in [3.63, 3.8) is 0 Å². The van der Waals surface area contributed by atoms with Crippen molar-refractivity contribution in [3.05, 3.63) is 35.4 Å². The van der Waals surface area contributed by atoms with Crippen LogP contribution < -0.4 is 5.32 Å². The van der Waals surface area contributed by atoms with Crippen LogP contribution in [0.3, 0.4) is 0 Å². The minimum atomic E-state index is 0.0571. The monoisotopic (exact) mass is 289 g/mol. The molecule has 114 valence electrons. The maximum atomic E-state index is 12.5. The van der Waals surface area contributed by atoms with E-state index < -0.39 is 0 Å².